The Morgan fingerprint density at radius 1 is 0.875 bits per heavy atom. The molecule has 2 unspecified atom stereocenters. The van der Waals surface area contributed by atoms with Crippen LogP contribution in [0, 0.1) is 0 Å². The van der Waals surface area contributed by atoms with Crippen molar-refractivity contribution in [2.45, 2.75) is 25.0 Å². The quantitative estimate of drug-likeness (QED) is 0.675. The molecule has 1 aromatic heterocycles. The van der Waals surface area contributed by atoms with Crippen LogP contribution >= 0.6 is 0 Å². The highest BCUT2D eigenvalue weighted by Crippen LogP contribution is 2.33. The second-order valence-electron chi connectivity index (χ2n) is 8.53. The average Bonchev–Trinajstić information content (AvgIpc) is 3.20. The Bertz CT molecular complexity index is 1040. The smallest absolute Gasteiger partial charge is 0.240 e. The second-order valence-corrected chi connectivity index (χ2v) is 8.53. The van der Waals surface area contributed by atoms with Crippen LogP contribution in [-0.2, 0) is 11.3 Å². The van der Waals surface area contributed by atoms with Gasteiger partial charge in [0.05, 0.1) is 18.3 Å². The first-order valence-electron chi connectivity index (χ1n) is 11.2. The van der Waals surface area contributed by atoms with E-state index in [1.165, 1.54) is 17.3 Å². The minimum absolute atomic E-state index is 0.0983. The minimum Gasteiger partial charge on any atom is -0.506 e. The Labute approximate surface area is 188 Å². The molecule has 32 heavy (non-hydrogen) atoms. The van der Waals surface area contributed by atoms with Crippen molar-refractivity contribution in [1.29, 1.82) is 0 Å². The van der Waals surface area contributed by atoms with E-state index in [1.807, 2.05) is 35.2 Å². The lowest BCUT2D eigenvalue weighted by atomic mass is 9.99. The van der Waals surface area contributed by atoms with Gasteiger partial charge < -0.3 is 14.9 Å². The van der Waals surface area contributed by atoms with E-state index < -0.39 is 0 Å². The summed E-state index contributed by atoms with van der Waals surface area (Å²) in [6, 6.07) is 24.2. The predicted molar refractivity (Wildman–Crippen MR) is 124 cm³/mol. The highest BCUT2D eigenvalue weighted by atomic mass is 16.3. The van der Waals surface area contributed by atoms with Gasteiger partial charge in [-0.1, -0.05) is 60.7 Å². The summed E-state index contributed by atoms with van der Waals surface area (Å²) >= 11 is 0. The molecular formula is C26H28N4O2. The molecule has 3 aromatic rings. The van der Waals surface area contributed by atoms with Gasteiger partial charge in [-0.05, 0) is 29.7 Å². The van der Waals surface area contributed by atoms with Gasteiger partial charge in [-0.25, -0.2) is 4.98 Å². The number of rotatable bonds is 5. The normalized spacial score (nSPS) is 21.8. The SMILES string of the molecule is O=C1C(N2CCN(c3ccc(O)cn3)CC2c2ccccc2)CCN1Cc1ccccc1. The molecule has 3 heterocycles. The van der Waals surface area contributed by atoms with Crippen molar-refractivity contribution in [3.63, 3.8) is 0 Å². The fourth-order valence-corrected chi connectivity index (χ4v) is 4.91. The number of anilines is 1. The van der Waals surface area contributed by atoms with Crippen LogP contribution in [0.2, 0.25) is 0 Å². The number of nitrogens with zero attached hydrogens (tertiary/aromatic N) is 4. The van der Waals surface area contributed by atoms with Crippen molar-refractivity contribution >= 4 is 11.7 Å². The van der Waals surface area contributed by atoms with Crippen molar-refractivity contribution in [1.82, 2.24) is 14.8 Å². The van der Waals surface area contributed by atoms with Crippen molar-refractivity contribution in [2.75, 3.05) is 31.1 Å². The molecule has 6 heteroatoms. The summed E-state index contributed by atoms with van der Waals surface area (Å²) in [5, 5.41) is 9.60. The summed E-state index contributed by atoms with van der Waals surface area (Å²) < 4.78 is 0. The monoisotopic (exact) mass is 428 g/mol. The average molecular weight is 429 g/mol. The number of amides is 1. The van der Waals surface area contributed by atoms with E-state index in [0.717, 1.165) is 38.4 Å². The fraction of sp³-hybridized carbons (Fsp3) is 0.308. The lowest BCUT2D eigenvalue weighted by Gasteiger charge is -2.44. The number of benzene rings is 2. The van der Waals surface area contributed by atoms with Crippen LogP contribution in [0.3, 0.4) is 0 Å². The number of carbonyl (C=O) groups is 1. The molecule has 2 atom stereocenters. The van der Waals surface area contributed by atoms with Gasteiger partial charge in [0, 0.05) is 32.7 Å². The van der Waals surface area contributed by atoms with E-state index in [4.69, 9.17) is 0 Å². The van der Waals surface area contributed by atoms with Crippen LogP contribution in [0.5, 0.6) is 5.75 Å². The van der Waals surface area contributed by atoms with Crippen molar-refractivity contribution < 1.29 is 9.90 Å². The summed E-state index contributed by atoms with van der Waals surface area (Å²) in [5.74, 6) is 1.25. The number of aromatic hydroxyl groups is 1. The van der Waals surface area contributed by atoms with Gasteiger partial charge in [-0.2, -0.15) is 0 Å². The summed E-state index contributed by atoms with van der Waals surface area (Å²) in [4.78, 5) is 24.4. The zero-order valence-electron chi connectivity index (χ0n) is 18.0. The Hall–Kier alpha value is -3.38. The molecule has 0 aliphatic carbocycles. The first-order chi connectivity index (χ1) is 15.7. The first kappa shape index (κ1) is 20.5. The Morgan fingerprint density at radius 3 is 2.34 bits per heavy atom. The molecule has 0 radical (unpaired) electrons. The van der Waals surface area contributed by atoms with Gasteiger partial charge in [-0.15, -0.1) is 0 Å². The fourth-order valence-electron chi connectivity index (χ4n) is 4.91. The molecule has 2 aliphatic rings. The van der Waals surface area contributed by atoms with Gasteiger partial charge in [0.2, 0.25) is 5.91 Å². The number of carbonyl (C=O) groups excluding carboxylic acids is 1. The van der Waals surface area contributed by atoms with E-state index in [1.54, 1.807) is 6.07 Å². The molecule has 2 saturated heterocycles. The van der Waals surface area contributed by atoms with Gasteiger partial charge in [0.25, 0.3) is 0 Å². The highest BCUT2D eigenvalue weighted by Gasteiger charge is 2.41. The Kier molecular flexibility index (Phi) is 5.77. The van der Waals surface area contributed by atoms with Crippen LogP contribution in [0.25, 0.3) is 0 Å². The summed E-state index contributed by atoms with van der Waals surface area (Å²) in [6.07, 6.45) is 2.34. The minimum atomic E-state index is -0.0983. The molecule has 2 aromatic carbocycles. The molecule has 2 fully saturated rings. The number of hydrogen-bond donors (Lipinski definition) is 1. The molecule has 0 bridgehead atoms. The maximum Gasteiger partial charge on any atom is 0.240 e. The molecular weight excluding hydrogens is 400 g/mol. The van der Waals surface area contributed by atoms with Gasteiger partial charge in [-0.3, -0.25) is 9.69 Å². The van der Waals surface area contributed by atoms with Crippen molar-refractivity contribution in [3.8, 4) is 5.75 Å². The third kappa shape index (κ3) is 4.18. The first-order valence-corrected chi connectivity index (χ1v) is 11.2. The van der Waals surface area contributed by atoms with Crippen molar-refractivity contribution in [2.24, 2.45) is 0 Å². The lowest BCUT2D eigenvalue weighted by molar-refractivity contribution is -0.133. The number of aromatic nitrogens is 1. The molecule has 2 aliphatic heterocycles. The molecule has 0 spiro atoms. The van der Waals surface area contributed by atoms with E-state index in [2.05, 4.69) is 51.2 Å². The third-order valence-corrected chi connectivity index (χ3v) is 6.55. The maximum atomic E-state index is 13.4. The Morgan fingerprint density at radius 2 is 1.62 bits per heavy atom. The Balaban J connectivity index is 1.36. The zero-order chi connectivity index (χ0) is 21.9. The van der Waals surface area contributed by atoms with Crippen LogP contribution in [-0.4, -0.2) is 58.0 Å². The lowest BCUT2D eigenvalue weighted by Crippen LogP contribution is -2.54. The summed E-state index contributed by atoms with van der Waals surface area (Å²) in [6.45, 7) is 3.80. The van der Waals surface area contributed by atoms with Crippen LogP contribution in [0.4, 0.5) is 5.82 Å². The molecule has 1 amide bonds. The number of pyridine rings is 1. The second kappa shape index (κ2) is 9.01. The molecule has 6 nitrogen and oxygen atoms in total. The standard InChI is InChI=1S/C26H28N4O2/c31-22-11-12-25(27-17-22)28-15-16-30(24(19-28)21-9-5-2-6-10-21)23-13-14-29(26(23)32)18-20-7-3-1-4-8-20/h1-12,17,23-24,31H,13-16,18-19H2. The van der Waals surface area contributed by atoms with Crippen LogP contribution in [0.1, 0.15) is 23.6 Å². The summed E-state index contributed by atoms with van der Waals surface area (Å²) in [7, 11) is 0. The van der Waals surface area contributed by atoms with E-state index >= 15 is 0 Å². The van der Waals surface area contributed by atoms with E-state index in [0.29, 0.717) is 6.54 Å². The molecule has 164 valence electrons. The number of likely N-dealkylation sites (tertiary alicyclic amines) is 1. The van der Waals surface area contributed by atoms with Gasteiger partial charge in [0.1, 0.15) is 11.6 Å². The van der Waals surface area contributed by atoms with Crippen molar-refractivity contribution in [3.05, 3.63) is 90.1 Å². The summed E-state index contributed by atoms with van der Waals surface area (Å²) in [5.41, 5.74) is 2.38. The highest BCUT2D eigenvalue weighted by molar-refractivity contribution is 5.84. The molecule has 5 rings (SSSR count). The maximum absolute atomic E-state index is 13.4. The largest absolute Gasteiger partial charge is 0.506 e. The van der Waals surface area contributed by atoms with Gasteiger partial charge in [0.15, 0.2) is 0 Å². The van der Waals surface area contributed by atoms with Crippen LogP contribution in [0.15, 0.2) is 79.0 Å². The predicted octanol–water partition coefficient (Wildman–Crippen LogP) is 3.45. The molecule has 0 saturated carbocycles. The molecule has 1 N–H and O–H groups in total. The zero-order valence-corrected chi connectivity index (χ0v) is 18.0. The third-order valence-electron chi connectivity index (χ3n) is 6.55. The number of hydrogen-bond acceptors (Lipinski definition) is 5. The topological polar surface area (TPSA) is 59.9 Å². The van der Waals surface area contributed by atoms with Gasteiger partial charge >= 0.3 is 0 Å². The van der Waals surface area contributed by atoms with E-state index in [-0.39, 0.29) is 23.7 Å². The van der Waals surface area contributed by atoms with Crippen LogP contribution < -0.4 is 4.90 Å². The number of piperazine rings is 1. The van der Waals surface area contributed by atoms with E-state index in [9.17, 15) is 9.90 Å².